The Balaban J connectivity index is 1.52. The number of carbonyl (C=O) groups excluding carboxylic acids is 1. The van der Waals surface area contributed by atoms with E-state index in [4.69, 9.17) is 20.4 Å². The lowest BCUT2D eigenvalue weighted by Crippen LogP contribution is -2.48. The Bertz CT molecular complexity index is 1020. The minimum atomic E-state index is -0.225. The predicted molar refractivity (Wildman–Crippen MR) is 114 cm³/mol. The van der Waals surface area contributed by atoms with Crippen LogP contribution in [0.3, 0.4) is 0 Å². The summed E-state index contributed by atoms with van der Waals surface area (Å²) in [7, 11) is 2.13. The average molecular weight is 416 g/mol. The number of likely N-dealkylation sites (N-methyl/N-ethyl adjacent to an activating group) is 1. The van der Waals surface area contributed by atoms with Gasteiger partial charge in [-0.2, -0.15) is 0 Å². The number of carbonyl (C=O) groups is 1. The molecular formula is C22H26ClN3O3. The summed E-state index contributed by atoms with van der Waals surface area (Å²) < 4.78 is 11.7. The van der Waals surface area contributed by atoms with Crippen molar-refractivity contribution in [3.63, 3.8) is 0 Å². The summed E-state index contributed by atoms with van der Waals surface area (Å²) in [5, 5.41) is 4.53. The van der Waals surface area contributed by atoms with Gasteiger partial charge in [-0.15, -0.1) is 0 Å². The van der Waals surface area contributed by atoms with Gasteiger partial charge in [0, 0.05) is 48.7 Å². The number of hydrogen-bond acceptors (Lipinski definition) is 5. The van der Waals surface area contributed by atoms with E-state index in [1.54, 1.807) is 12.1 Å². The van der Waals surface area contributed by atoms with Gasteiger partial charge in [0.25, 0.3) is 5.91 Å². The Hall–Kier alpha value is -2.28. The van der Waals surface area contributed by atoms with E-state index in [-0.39, 0.29) is 11.9 Å². The second-order valence-electron chi connectivity index (χ2n) is 7.71. The molecule has 1 N–H and O–H groups in total. The van der Waals surface area contributed by atoms with E-state index in [9.17, 15) is 4.79 Å². The molecule has 7 heteroatoms. The topological polar surface area (TPSA) is 61.9 Å². The van der Waals surface area contributed by atoms with Crippen LogP contribution in [0.25, 0.3) is 11.0 Å². The molecule has 1 amide bonds. The Kier molecular flexibility index (Phi) is 5.67. The second kappa shape index (κ2) is 8.22. The fourth-order valence-corrected chi connectivity index (χ4v) is 4.03. The second-order valence-corrected chi connectivity index (χ2v) is 8.15. The van der Waals surface area contributed by atoms with Crippen LogP contribution in [-0.4, -0.2) is 55.5 Å². The van der Waals surface area contributed by atoms with Gasteiger partial charge in [-0.05, 0) is 51.2 Å². The van der Waals surface area contributed by atoms with E-state index >= 15 is 0 Å². The number of piperazine rings is 1. The molecule has 154 valence electrons. The van der Waals surface area contributed by atoms with Crippen LogP contribution in [-0.2, 0) is 0 Å². The van der Waals surface area contributed by atoms with Gasteiger partial charge in [0.1, 0.15) is 17.1 Å². The van der Waals surface area contributed by atoms with Crippen LogP contribution >= 0.6 is 11.6 Å². The minimum Gasteiger partial charge on any atom is -0.465 e. The summed E-state index contributed by atoms with van der Waals surface area (Å²) in [6.07, 6.45) is 0. The first kappa shape index (κ1) is 20.0. The number of furan rings is 2. The molecule has 1 saturated heterocycles. The molecule has 0 aliphatic carbocycles. The number of aryl methyl sites for hydroxylation is 2. The van der Waals surface area contributed by atoms with Gasteiger partial charge in [0.05, 0.1) is 6.04 Å². The molecule has 1 fully saturated rings. The van der Waals surface area contributed by atoms with Gasteiger partial charge in [0.2, 0.25) is 0 Å². The summed E-state index contributed by atoms with van der Waals surface area (Å²) in [6, 6.07) is 9.33. The molecule has 1 atom stereocenters. The zero-order valence-corrected chi connectivity index (χ0v) is 17.8. The molecule has 0 spiro atoms. The highest BCUT2D eigenvalue weighted by atomic mass is 35.5. The van der Waals surface area contributed by atoms with Crippen molar-refractivity contribution in [3.8, 4) is 0 Å². The number of fused-ring (bicyclic) bond motifs is 1. The number of nitrogens with one attached hydrogen (secondary N) is 1. The van der Waals surface area contributed by atoms with E-state index in [1.165, 1.54) is 0 Å². The predicted octanol–water partition coefficient (Wildman–Crippen LogP) is 4.01. The summed E-state index contributed by atoms with van der Waals surface area (Å²) in [5.74, 6) is 1.85. The van der Waals surface area contributed by atoms with E-state index < -0.39 is 0 Å². The molecule has 4 rings (SSSR count). The highest BCUT2D eigenvalue weighted by Crippen LogP contribution is 2.28. The highest BCUT2D eigenvalue weighted by molar-refractivity contribution is 6.31. The van der Waals surface area contributed by atoms with Gasteiger partial charge < -0.3 is 19.1 Å². The van der Waals surface area contributed by atoms with E-state index in [2.05, 4.69) is 22.2 Å². The van der Waals surface area contributed by atoms with Gasteiger partial charge in [-0.1, -0.05) is 11.6 Å². The number of nitrogens with zero attached hydrogens (tertiary/aromatic N) is 2. The minimum absolute atomic E-state index is 0.0134. The van der Waals surface area contributed by atoms with E-state index in [0.29, 0.717) is 22.9 Å². The first-order chi connectivity index (χ1) is 13.9. The third kappa shape index (κ3) is 4.20. The lowest BCUT2D eigenvalue weighted by Gasteiger charge is -2.37. The molecule has 3 aromatic rings. The number of benzene rings is 1. The molecule has 29 heavy (non-hydrogen) atoms. The number of rotatable bonds is 5. The van der Waals surface area contributed by atoms with Crippen molar-refractivity contribution < 1.29 is 13.6 Å². The van der Waals surface area contributed by atoms with Crippen LogP contribution in [0.2, 0.25) is 5.02 Å². The van der Waals surface area contributed by atoms with Gasteiger partial charge in [-0.3, -0.25) is 9.69 Å². The highest BCUT2D eigenvalue weighted by Gasteiger charge is 2.27. The maximum absolute atomic E-state index is 12.9. The van der Waals surface area contributed by atoms with Crippen molar-refractivity contribution >= 4 is 28.5 Å². The van der Waals surface area contributed by atoms with Crippen LogP contribution in [0, 0.1) is 13.8 Å². The van der Waals surface area contributed by atoms with Crippen LogP contribution in [0.4, 0.5) is 0 Å². The third-order valence-corrected chi connectivity index (χ3v) is 5.86. The van der Waals surface area contributed by atoms with E-state index in [0.717, 1.165) is 48.6 Å². The maximum atomic E-state index is 12.9. The molecule has 0 bridgehead atoms. The molecule has 0 radical (unpaired) electrons. The molecule has 6 nitrogen and oxygen atoms in total. The standard InChI is InChI=1S/C22H26ClN3O3/c1-14-4-6-20(28-14)18(26-10-8-25(3)9-11-26)13-24-22(27)21-15(2)17-12-16(23)5-7-19(17)29-21/h4-7,12,18H,8-11,13H2,1-3H3,(H,24,27)/t18-/m0/s1. The maximum Gasteiger partial charge on any atom is 0.287 e. The van der Waals surface area contributed by atoms with Crippen molar-refractivity contribution in [2.75, 3.05) is 39.8 Å². The third-order valence-electron chi connectivity index (χ3n) is 5.63. The number of hydrogen-bond donors (Lipinski definition) is 1. The van der Waals surface area contributed by atoms with Crippen molar-refractivity contribution in [3.05, 3.63) is 58.2 Å². The van der Waals surface area contributed by atoms with Gasteiger partial charge >= 0.3 is 0 Å². The van der Waals surface area contributed by atoms with Crippen LogP contribution in [0.1, 0.15) is 33.7 Å². The van der Waals surface area contributed by atoms with Crippen LogP contribution in [0.15, 0.2) is 39.2 Å². The Morgan fingerprint density at radius 1 is 1.14 bits per heavy atom. The Morgan fingerprint density at radius 2 is 1.90 bits per heavy atom. The fraction of sp³-hybridized carbons (Fsp3) is 0.409. The zero-order valence-electron chi connectivity index (χ0n) is 17.0. The van der Waals surface area contributed by atoms with Crippen LogP contribution in [0.5, 0.6) is 0 Å². The van der Waals surface area contributed by atoms with Crippen molar-refractivity contribution in [2.24, 2.45) is 0 Å². The lowest BCUT2D eigenvalue weighted by molar-refractivity contribution is 0.0831. The summed E-state index contributed by atoms with van der Waals surface area (Å²) >= 11 is 6.09. The van der Waals surface area contributed by atoms with Crippen LogP contribution < -0.4 is 5.32 Å². The Morgan fingerprint density at radius 3 is 2.59 bits per heavy atom. The molecule has 0 unspecified atom stereocenters. The lowest BCUT2D eigenvalue weighted by atomic mass is 10.1. The monoisotopic (exact) mass is 415 g/mol. The normalized spacial score (nSPS) is 17.0. The first-order valence-electron chi connectivity index (χ1n) is 9.88. The van der Waals surface area contributed by atoms with Crippen molar-refractivity contribution in [1.82, 2.24) is 15.1 Å². The molecule has 1 aromatic carbocycles. The first-order valence-corrected chi connectivity index (χ1v) is 10.3. The fourth-order valence-electron chi connectivity index (χ4n) is 3.86. The quantitative estimate of drug-likeness (QED) is 0.682. The van der Waals surface area contributed by atoms with E-state index in [1.807, 2.05) is 32.0 Å². The number of amides is 1. The zero-order chi connectivity index (χ0) is 20.5. The van der Waals surface area contributed by atoms with Crippen molar-refractivity contribution in [1.29, 1.82) is 0 Å². The molecule has 1 aliphatic rings. The largest absolute Gasteiger partial charge is 0.465 e. The molecule has 2 aromatic heterocycles. The SMILES string of the molecule is Cc1ccc([C@H](CNC(=O)c2oc3ccc(Cl)cc3c2C)N2CCN(C)CC2)o1. The van der Waals surface area contributed by atoms with Gasteiger partial charge in [0.15, 0.2) is 5.76 Å². The average Bonchev–Trinajstić information content (AvgIpc) is 3.27. The summed E-state index contributed by atoms with van der Waals surface area (Å²) in [5.41, 5.74) is 1.46. The summed E-state index contributed by atoms with van der Waals surface area (Å²) in [4.78, 5) is 17.6. The molecule has 3 heterocycles. The van der Waals surface area contributed by atoms with Crippen molar-refractivity contribution in [2.45, 2.75) is 19.9 Å². The molecule has 0 saturated carbocycles. The smallest absolute Gasteiger partial charge is 0.287 e. The Labute approximate surface area is 175 Å². The molecular weight excluding hydrogens is 390 g/mol. The number of halogens is 1. The summed E-state index contributed by atoms with van der Waals surface area (Å²) in [6.45, 7) is 8.11. The molecule has 1 aliphatic heterocycles. The van der Waals surface area contributed by atoms with Gasteiger partial charge in [-0.25, -0.2) is 0 Å².